The fourth-order valence-corrected chi connectivity index (χ4v) is 2.93. The molecule has 1 unspecified atom stereocenters. The van der Waals surface area contributed by atoms with Gasteiger partial charge in [-0.25, -0.2) is 4.98 Å². The quantitative estimate of drug-likeness (QED) is 0.770. The Bertz CT molecular complexity index is 553. The Morgan fingerprint density at radius 2 is 2.00 bits per heavy atom. The molecule has 0 fully saturated rings. The Balaban J connectivity index is 1.96. The summed E-state index contributed by atoms with van der Waals surface area (Å²) >= 11 is 1.64. The smallest absolute Gasteiger partial charge is 0.208 e. The molecule has 1 aromatic carbocycles. The van der Waals surface area contributed by atoms with Gasteiger partial charge in [-0.1, -0.05) is 23.9 Å². The Kier molecular flexibility index (Phi) is 5.64. The molecule has 0 amide bonds. The summed E-state index contributed by atoms with van der Waals surface area (Å²) in [7, 11) is 1.97. The molecule has 0 saturated heterocycles. The van der Waals surface area contributed by atoms with Gasteiger partial charge in [-0.2, -0.15) is 0 Å². The normalized spacial score (nSPS) is 12.6. The number of rotatable bonds is 7. The Labute approximate surface area is 129 Å². The maximum Gasteiger partial charge on any atom is 0.208 e. The predicted octanol–water partition coefficient (Wildman–Crippen LogP) is 2.95. The van der Waals surface area contributed by atoms with E-state index >= 15 is 0 Å². The number of aromatic amines is 1. The number of aryl methyl sites for hydroxylation is 1. The monoisotopic (exact) mass is 306 g/mol. The van der Waals surface area contributed by atoms with Gasteiger partial charge in [0.1, 0.15) is 11.6 Å². The van der Waals surface area contributed by atoms with Crippen molar-refractivity contribution in [1.29, 1.82) is 0 Å². The molecule has 1 heterocycles. The average molecular weight is 306 g/mol. The summed E-state index contributed by atoms with van der Waals surface area (Å²) in [6.07, 6.45) is 0.195. The molecule has 0 spiro atoms. The number of benzene rings is 1. The van der Waals surface area contributed by atoms with Crippen LogP contribution >= 0.6 is 11.8 Å². The van der Waals surface area contributed by atoms with E-state index in [4.69, 9.17) is 4.74 Å². The largest absolute Gasteiger partial charge is 0.491 e. The summed E-state index contributed by atoms with van der Waals surface area (Å²) in [6.45, 7) is 5.96. The average Bonchev–Trinajstić information content (AvgIpc) is 2.86. The lowest BCUT2D eigenvalue weighted by Crippen LogP contribution is -2.18. The van der Waals surface area contributed by atoms with E-state index in [2.05, 4.69) is 32.6 Å². The number of ether oxygens (including phenoxy) is 1. The highest BCUT2D eigenvalue weighted by atomic mass is 32.2. The van der Waals surface area contributed by atoms with E-state index in [1.165, 1.54) is 5.56 Å². The summed E-state index contributed by atoms with van der Waals surface area (Å²) < 4.78 is 5.66. The van der Waals surface area contributed by atoms with Crippen molar-refractivity contribution in [2.75, 3.05) is 12.8 Å². The number of nitrogens with one attached hydrogen (secondary N) is 2. The molecule has 0 aliphatic carbocycles. The minimum Gasteiger partial charge on any atom is -0.491 e. The third-order valence-electron chi connectivity index (χ3n) is 2.96. The van der Waals surface area contributed by atoms with Gasteiger partial charge in [-0.3, -0.25) is 5.10 Å². The molecule has 5 nitrogen and oxygen atoms in total. The highest BCUT2D eigenvalue weighted by molar-refractivity contribution is 7.99. The molecular formula is C15H22N4OS. The fraction of sp³-hybridized carbons (Fsp3) is 0.467. The second kappa shape index (κ2) is 7.47. The van der Waals surface area contributed by atoms with Gasteiger partial charge in [0.2, 0.25) is 5.16 Å². The zero-order valence-electron chi connectivity index (χ0n) is 12.9. The molecule has 0 aliphatic rings. The van der Waals surface area contributed by atoms with Gasteiger partial charge in [0.15, 0.2) is 0 Å². The number of hydrogen-bond donors (Lipinski definition) is 2. The summed E-state index contributed by atoms with van der Waals surface area (Å²) in [4.78, 5) is 4.31. The third-order valence-corrected chi connectivity index (χ3v) is 3.90. The van der Waals surface area contributed by atoms with Gasteiger partial charge < -0.3 is 10.1 Å². The van der Waals surface area contributed by atoms with Crippen LogP contribution in [-0.4, -0.2) is 34.1 Å². The van der Waals surface area contributed by atoms with E-state index in [9.17, 15) is 0 Å². The highest BCUT2D eigenvalue weighted by Gasteiger charge is 2.12. The zero-order valence-corrected chi connectivity index (χ0v) is 13.7. The maximum atomic E-state index is 5.66. The van der Waals surface area contributed by atoms with Crippen LogP contribution < -0.4 is 10.1 Å². The second-order valence-corrected chi connectivity index (χ2v) is 6.08. The third kappa shape index (κ3) is 4.75. The lowest BCUT2D eigenvalue weighted by atomic mass is 10.1. The van der Waals surface area contributed by atoms with Crippen LogP contribution in [0.15, 0.2) is 29.4 Å². The molecule has 21 heavy (non-hydrogen) atoms. The van der Waals surface area contributed by atoms with E-state index in [1.54, 1.807) is 11.8 Å². The Morgan fingerprint density at radius 1 is 1.29 bits per heavy atom. The van der Waals surface area contributed by atoms with Crippen molar-refractivity contribution >= 4 is 11.8 Å². The SMILES string of the molecule is CNC(CSc1n[nH]c(C)n1)c1ccc(OC(C)C)cc1. The fourth-order valence-electron chi connectivity index (χ4n) is 1.94. The molecule has 0 radical (unpaired) electrons. The van der Waals surface area contributed by atoms with Crippen molar-refractivity contribution in [1.82, 2.24) is 20.5 Å². The van der Waals surface area contributed by atoms with Crippen LogP contribution in [0.2, 0.25) is 0 Å². The van der Waals surface area contributed by atoms with E-state index in [0.717, 1.165) is 22.5 Å². The van der Waals surface area contributed by atoms with Crippen LogP contribution in [0, 0.1) is 6.92 Å². The topological polar surface area (TPSA) is 62.8 Å². The minimum atomic E-state index is 0.195. The van der Waals surface area contributed by atoms with Gasteiger partial charge in [-0.05, 0) is 45.5 Å². The molecule has 114 valence electrons. The lowest BCUT2D eigenvalue weighted by molar-refractivity contribution is 0.242. The Morgan fingerprint density at radius 3 is 2.52 bits per heavy atom. The van der Waals surface area contributed by atoms with Crippen LogP contribution in [0.4, 0.5) is 0 Å². The predicted molar refractivity (Wildman–Crippen MR) is 85.9 cm³/mol. The minimum absolute atomic E-state index is 0.195. The maximum absolute atomic E-state index is 5.66. The second-order valence-electron chi connectivity index (χ2n) is 5.09. The van der Waals surface area contributed by atoms with Crippen molar-refractivity contribution < 1.29 is 4.74 Å². The first kappa shape index (κ1) is 15.9. The van der Waals surface area contributed by atoms with E-state index in [0.29, 0.717) is 0 Å². The summed E-state index contributed by atoms with van der Waals surface area (Å²) in [5.41, 5.74) is 1.23. The lowest BCUT2D eigenvalue weighted by Gasteiger charge is -2.16. The summed E-state index contributed by atoms with van der Waals surface area (Å²) in [5, 5.41) is 11.1. The molecule has 6 heteroatoms. The van der Waals surface area contributed by atoms with Crippen molar-refractivity contribution in [2.24, 2.45) is 0 Å². The molecule has 0 aliphatic heterocycles. The number of thioether (sulfide) groups is 1. The molecule has 1 atom stereocenters. The van der Waals surface area contributed by atoms with Gasteiger partial charge in [0.05, 0.1) is 6.10 Å². The van der Waals surface area contributed by atoms with Crippen molar-refractivity contribution in [3.05, 3.63) is 35.7 Å². The molecule has 2 rings (SSSR count). The van der Waals surface area contributed by atoms with Crippen molar-refractivity contribution in [3.8, 4) is 5.75 Å². The molecule has 0 saturated carbocycles. The molecule has 2 aromatic rings. The van der Waals surface area contributed by atoms with Gasteiger partial charge in [0, 0.05) is 11.8 Å². The first-order valence-corrected chi connectivity index (χ1v) is 8.02. The zero-order chi connectivity index (χ0) is 15.2. The van der Waals surface area contributed by atoms with E-state index in [1.807, 2.05) is 40.0 Å². The first-order chi connectivity index (χ1) is 10.1. The molecule has 1 aromatic heterocycles. The number of nitrogens with zero attached hydrogens (tertiary/aromatic N) is 2. The highest BCUT2D eigenvalue weighted by Crippen LogP contribution is 2.24. The number of aromatic nitrogens is 3. The molecule has 0 bridgehead atoms. The number of hydrogen-bond acceptors (Lipinski definition) is 5. The number of H-pyrrole nitrogens is 1. The van der Waals surface area contributed by atoms with Crippen LogP contribution in [0.25, 0.3) is 0 Å². The first-order valence-electron chi connectivity index (χ1n) is 7.04. The van der Waals surface area contributed by atoms with Crippen molar-refractivity contribution in [3.63, 3.8) is 0 Å². The molecular weight excluding hydrogens is 284 g/mol. The van der Waals surface area contributed by atoms with Crippen LogP contribution in [0.5, 0.6) is 5.75 Å². The van der Waals surface area contributed by atoms with E-state index < -0.39 is 0 Å². The Hall–Kier alpha value is -1.53. The van der Waals surface area contributed by atoms with Crippen LogP contribution in [-0.2, 0) is 0 Å². The van der Waals surface area contributed by atoms with Gasteiger partial charge >= 0.3 is 0 Å². The van der Waals surface area contributed by atoms with Crippen LogP contribution in [0.1, 0.15) is 31.3 Å². The summed E-state index contributed by atoms with van der Waals surface area (Å²) in [6, 6.07) is 8.48. The molecule has 2 N–H and O–H groups in total. The van der Waals surface area contributed by atoms with Crippen LogP contribution in [0.3, 0.4) is 0 Å². The van der Waals surface area contributed by atoms with Gasteiger partial charge in [0.25, 0.3) is 0 Å². The summed E-state index contributed by atoms with van der Waals surface area (Å²) in [5.74, 6) is 2.62. The van der Waals surface area contributed by atoms with E-state index in [-0.39, 0.29) is 12.1 Å². The standard InChI is InChI=1S/C15H22N4OS/c1-10(2)20-13-7-5-12(6-8-13)14(16-4)9-21-15-17-11(3)18-19-15/h5-8,10,14,16H,9H2,1-4H3,(H,17,18,19). The van der Waals surface area contributed by atoms with Gasteiger partial charge in [-0.15, -0.1) is 5.10 Å². The van der Waals surface area contributed by atoms with Crippen molar-refractivity contribution in [2.45, 2.75) is 38.1 Å².